The number of carbonyl (C=O) groups excluding carboxylic acids is 1. The van der Waals surface area contributed by atoms with Crippen molar-refractivity contribution in [3.05, 3.63) is 64.9 Å². The van der Waals surface area contributed by atoms with Gasteiger partial charge in [-0.3, -0.25) is 4.79 Å². The van der Waals surface area contributed by atoms with E-state index in [0.29, 0.717) is 15.9 Å². The molecule has 1 aliphatic heterocycles. The van der Waals surface area contributed by atoms with Crippen LogP contribution in [0.5, 0.6) is 5.75 Å². The van der Waals surface area contributed by atoms with E-state index in [1.54, 1.807) is 31.4 Å². The number of fused-ring (bicyclic) bond motifs is 1. The van der Waals surface area contributed by atoms with E-state index in [4.69, 9.17) is 16.3 Å². The summed E-state index contributed by atoms with van der Waals surface area (Å²) in [7, 11) is 1.63. The molecule has 1 amide bonds. The van der Waals surface area contributed by atoms with Crippen LogP contribution in [0.15, 0.2) is 53.7 Å². The van der Waals surface area contributed by atoms with Gasteiger partial charge in [0.2, 0.25) is 11.1 Å². The number of thioether (sulfide) groups is 1. The Bertz CT molecular complexity index is 1010. The van der Waals surface area contributed by atoms with Gasteiger partial charge in [0.1, 0.15) is 11.0 Å². The van der Waals surface area contributed by atoms with Gasteiger partial charge >= 0.3 is 0 Å². The number of aryl methyl sites for hydroxylation is 1. The highest BCUT2D eigenvalue weighted by Gasteiger charge is 2.37. The van der Waals surface area contributed by atoms with Gasteiger partial charge in [0.15, 0.2) is 5.82 Å². The fraction of sp³-hybridized carbons (Fsp3) is 0.250. The average molecular weight is 430 g/mol. The Morgan fingerprint density at radius 1 is 1.21 bits per heavy atom. The standard InChI is InChI=1S/C20H20ClN5O2S/c1-3-16-23-24-20-26(16)25-17(12-4-10-15(28-2)11-5-12)18(29-20)19(27)22-14-8-6-13(21)7-9-14/h4-11,17-18,25H,3H2,1-2H3,(H,22,27)/t17-,18+/m1/s1. The summed E-state index contributed by atoms with van der Waals surface area (Å²) in [4.78, 5) is 13.2. The second-order valence-electron chi connectivity index (χ2n) is 6.50. The molecule has 4 rings (SSSR count). The summed E-state index contributed by atoms with van der Waals surface area (Å²) in [6, 6.07) is 14.5. The Morgan fingerprint density at radius 2 is 1.93 bits per heavy atom. The van der Waals surface area contributed by atoms with Crippen molar-refractivity contribution in [3.63, 3.8) is 0 Å². The van der Waals surface area contributed by atoms with Crippen LogP contribution in [-0.4, -0.2) is 33.1 Å². The molecule has 1 aromatic heterocycles. The van der Waals surface area contributed by atoms with Crippen LogP contribution in [-0.2, 0) is 11.2 Å². The van der Waals surface area contributed by atoms with Crippen molar-refractivity contribution < 1.29 is 9.53 Å². The number of halogens is 1. The average Bonchev–Trinajstić information content (AvgIpc) is 3.16. The molecule has 0 saturated carbocycles. The minimum Gasteiger partial charge on any atom is -0.497 e. The predicted octanol–water partition coefficient (Wildman–Crippen LogP) is 3.90. The molecule has 2 aromatic carbocycles. The number of ether oxygens (including phenoxy) is 1. The molecular formula is C20H20ClN5O2S. The largest absolute Gasteiger partial charge is 0.497 e. The number of rotatable bonds is 5. The van der Waals surface area contributed by atoms with Crippen molar-refractivity contribution >= 4 is 35.0 Å². The lowest BCUT2D eigenvalue weighted by Gasteiger charge is -2.33. The molecular weight excluding hydrogens is 410 g/mol. The SMILES string of the molecule is CCc1nnc2n1N[C@H](c1ccc(OC)cc1)[C@@H](C(=O)Nc1ccc(Cl)cc1)S2. The molecule has 2 N–H and O–H groups in total. The van der Waals surface area contributed by atoms with Crippen LogP contribution >= 0.6 is 23.4 Å². The lowest BCUT2D eigenvalue weighted by molar-refractivity contribution is -0.116. The quantitative estimate of drug-likeness (QED) is 0.640. The molecule has 0 radical (unpaired) electrons. The second-order valence-corrected chi connectivity index (χ2v) is 8.05. The van der Waals surface area contributed by atoms with Gasteiger partial charge in [-0.05, 0) is 42.0 Å². The third kappa shape index (κ3) is 4.04. The van der Waals surface area contributed by atoms with Crippen molar-refractivity contribution in [1.82, 2.24) is 14.9 Å². The van der Waals surface area contributed by atoms with E-state index in [1.165, 1.54) is 11.8 Å². The highest BCUT2D eigenvalue weighted by atomic mass is 35.5. The zero-order valence-electron chi connectivity index (χ0n) is 15.9. The summed E-state index contributed by atoms with van der Waals surface area (Å²) < 4.78 is 7.13. The molecule has 9 heteroatoms. The number of nitrogens with one attached hydrogen (secondary N) is 2. The summed E-state index contributed by atoms with van der Waals surface area (Å²) in [5.41, 5.74) is 5.08. The normalized spacial score (nSPS) is 17.9. The van der Waals surface area contributed by atoms with Crippen molar-refractivity contribution in [2.75, 3.05) is 17.9 Å². The van der Waals surface area contributed by atoms with Gasteiger partial charge in [0.25, 0.3) is 0 Å². The lowest BCUT2D eigenvalue weighted by atomic mass is 10.0. The maximum atomic E-state index is 13.2. The Balaban J connectivity index is 1.65. The van der Waals surface area contributed by atoms with Gasteiger partial charge in [-0.1, -0.05) is 42.4 Å². The molecule has 29 heavy (non-hydrogen) atoms. The van der Waals surface area contributed by atoms with Crippen LogP contribution in [0.1, 0.15) is 24.4 Å². The first kappa shape index (κ1) is 19.6. The van der Waals surface area contributed by atoms with E-state index in [0.717, 1.165) is 23.6 Å². The number of hydrogen-bond donors (Lipinski definition) is 2. The second kappa shape index (κ2) is 8.34. The lowest BCUT2D eigenvalue weighted by Crippen LogP contribution is -2.41. The minimum atomic E-state index is -0.444. The number of hydrogen-bond acceptors (Lipinski definition) is 6. The molecule has 0 saturated heterocycles. The van der Waals surface area contributed by atoms with Crippen molar-refractivity contribution in [2.45, 2.75) is 29.8 Å². The van der Waals surface area contributed by atoms with E-state index in [-0.39, 0.29) is 11.9 Å². The fourth-order valence-corrected chi connectivity index (χ4v) is 4.36. The smallest absolute Gasteiger partial charge is 0.240 e. The fourth-order valence-electron chi connectivity index (χ4n) is 3.14. The van der Waals surface area contributed by atoms with Gasteiger partial charge in [0, 0.05) is 17.1 Å². The third-order valence-corrected chi connectivity index (χ3v) is 6.13. The van der Waals surface area contributed by atoms with E-state index in [2.05, 4.69) is 20.9 Å². The molecule has 150 valence electrons. The van der Waals surface area contributed by atoms with Gasteiger partial charge in [-0.15, -0.1) is 10.2 Å². The Morgan fingerprint density at radius 3 is 2.59 bits per heavy atom. The van der Waals surface area contributed by atoms with Crippen LogP contribution in [0, 0.1) is 0 Å². The van der Waals surface area contributed by atoms with E-state index in [9.17, 15) is 4.79 Å². The molecule has 1 aliphatic rings. The highest BCUT2D eigenvalue weighted by Crippen LogP contribution is 2.38. The van der Waals surface area contributed by atoms with Gasteiger partial charge in [-0.2, -0.15) is 0 Å². The zero-order chi connectivity index (χ0) is 20.4. The van der Waals surface area contributed by atoms with E-state index >= 15 is 0 Å². The third-order valence-electron chi connectivity index (χ3n) is 4.67. The first-order valence-corrected chi connectivity index (χ1v) is 10.4. The summed E-state index contributed by atoms with van der Waals surface area (Å²) in [5.74, 6) is 1.46. The van der Waals surface area contributed by atoms with Crippen LogP contribution in [0.3, 0.4) is 0 Å². The zero-order valence-corrected chi connectivity index (χ0v) is 17.5. The Labute approximate surface area is 177 Å². The van der Waals surface area contributed by atoms with Crippen LogP contribution in [0.2, 0.25) is 5.02 Å². The number of nitrogens with zero attached hydrogens (tertiary/aromatic N) is 3. The Kier molecular flexibility index (Phi) is 5.64. The molecule has 2 heterocycles. The Hall–Kier alpha value is -2.71. The van der Waals surface area contributed by atoms with Gasteiger partial charge < -0.3 is 15.5 Å². The van der Waals surface area contributed by atoms with Crippen molar-refractivity contribution in [1.29, 1.82) is 0 Å². The summed E-state index contributed by atoms with van der Waals surface area (Å²) >= 11 is 7.34. The summed E-state index contributed by atoms with van der Waals surface area (Å²) in [6.45, 7) is 2.02. The number of anilines is 1. The number of methoxy groups -OCH3 is 1. The maximum absolute atomic E-state index is 13.2. The molecule has 0 bridgehead atoms. The number of benzene rings is 2. The first-order chi connectivity index (χ1) is 14.1. The molecule has 0 aliphatic carbocycles. The van der Waals surface area contributed by atoms with Gasteiger partial charge in [-0.25, -0.2) is 4.68 Å². The maximum Gasteiger partial charge on any atom is 0.240 e. The number of aromatic nitrogens is 3. The molecule has 0 spiro atoms. The van der Waals surface area contributed by atoms with Crippen molar-refractivity contribution in [2.24, 2.45) is 0 Å². The molecule has 3 aromatic rings. The predicted molar refractivity (Wildman–Crippen MR) is 114 cm³/mol. The molecule has 0 fully saturated rings. The highest BCUT2D eigenvalue weighted by molar-refractivity contribution is 8.00. The van der Waals surface area contributed by atoms with Crippen LogP contribution < -0.4 is 15.5 Å². The molecule has 0 unspecified atom stereocenters. The molecule has 7 nitrogen and oxygen atoms in total. The van der Waals surface area contributed by atoms with Crippen LogP contribution in [0.25, 0.3) is 0 Å². The van der Waals surface area contributed by atoms with E-state index in [1.807, 2.05) is 35.9 Å². The monoisotopic (exact) mass is 429 g/mol. The first-order valence-electron chi connectivity index (χ1n) is 9.17. The minimum absolute atomic E-state index is 0.127. The number of carbonyl (C=O) groups is 1. The summed E-state index contributed by atoms with van der Waals surface area (Å²) in [5, 5.41) is 12.3. The summed E-state index contributed by atoms with van der Waals surface area (Å²) in [6.07, 6.45) is 0.734. The number of amides is 1. The molecule has 2 atom stereocenters. The van der Waals surface area contributed by atoms with Crippen molar-refractivity contribution in [3.8, 4) is 5.75 Å². The van der Waals surface area contributed by atoms with Crippen LogP contribution in [0.4, 0.5) is 5.69 Å². The topological polar surface area (TPSA) is 81.1 Å². The van der Waals surface area contributed by atoms with E-state index < -0.39 is 5.25 Å². The van der Waals surface area contributed by atoms with Gasteiger partial charge in [0.05, 0.1) is 13.2 Å².